The van der Waals surface area contributed by atoms with Gasteiger partial charge in [0.15, 0.2) is 35.9 Å². The first-order chi connectivity index (χ1) is 20.7. The fourth-order valence-corrected chi connectivity index (χ4v) is 6.68. The molecule has 3 aromatic rings. The second-order valence-corrected chi connectivity index (χ2v) is 12.6. The van der Waals surface area contributed by atoms with Crippen molar-refractivity contribution in [2.75, 3.05) is 13.2 Å². The van der Waals surface area contributed by atoms with Crippen LogP contribution in [0.4, 0.5) is 0 Å². The molecule has 5 heterocycles. The molecule has 0 spiro atoms. The van der Waals surface area contributed by atoms with Gasteiger partial charge in [0.2, 0.25) is 0 Å². The van der Waals surface area contributed by atoms with Crippen molar-refractivity contribution in [3.05, 3.63) is 53.1 Å². The maximum absolute atomic E-state index is 13.2. The van der Waals surface area contributed by atoms with E-state index in [1.165, 1.54) is 29.1 Å². The molecule has 21 nitrogen and oxygen atoms in total. The highest BCUT2D eigenvalue weighted by molar-refractivity contribution is 7.60. The number of phosphoric acid groups is 2. The third-order valence-corrected chi connectivity index (χ3v) is 9.24. The highest BCUT2D eigenvalue weighted by Crippen LogP contribution is 2.58. The number of hydrogen-bond acceptors (Lipinski definition) is 17. The maximum Gasteiger partial charge on any atom is 0.478 e. The van der Waals surface area contributed by atoms with Crippen LogP contribution >= 0.6 is 15.6 Å². The first kappa shape index (κ1) is 32.4. The van der Waals surface area contributed by atoms with Gasteiger partial charge in [0.05, 0.1) is 33.7 Å². The number of aliphatic hydroxyl groups is 4. The Morgan fingerprint density at radius 3 is 2.39 bits per heavy atom. The van der Waals surface area contributed by atoms with Crippen molar-refractivity contribution in [2.24, 2.45) is 5.73 Å². The van der Waals surface area contributed by atoms with Crippen molar-refractivity contribution < 1.29 is 71.5 Å². The van der Waals surface area contributed by atoms with Crippen molar-refractivity contribution in [1.29, 1.82) is 0 Å². The molecule has 2 saturated heterocycles. The number of rotatable bonds is 11. The van der Waals surface area contributed by atoms with Gasteiger partial charge >= 0.3 is 7.82 Å². The van der Waals surface area contributed by atoms with Gasteiger partial charge in [0, 0.05) is 6.07 Å². The molecule has 0 radical (unpaired) electrons. The first-order valence-corrected chi connectivity index (χ1v) is 15.5. The number of carbonyl (C=O) groups excluding carboxylic acids is 1. The Morgan fingerprint density at radius 2 is 1.73 bits per heavy atom. The van der Waals surface area contributed by atoms with Gasteiger partial charge in [0.25, 0.3) is 17.7 Å². The van der Waals surface area contributed by atoms with Gasteiger partial charge in [-0.25, -0.2) is 14.5 Å². The number of H-pyrrole nitrogens is 1. The molecule has 7 N–H and O–H groups in total. The van der Waals surface area contributed by atoms with E-state index in [2.05, 4.69) is 19.3 Å². The summed E-state index contributed by atoms with van der Waals surface area (Å²) in [6.07, 6.45) is -7.72. The Kier molecular flexibility index (Phi) is 9.13. The fourth-order valence-electron chi connectivity index (χ4n) is 4.59. The molecule has 0 saturated carbocycles. The second kappa shape index (κ2) is 12.4. The molecule has 9 atom stereocenters. The van der Waals surface area contributed by atoms with Crippen LogP contribution in [0.25, 0.3) is 11.2 Å². The molecule has 23 heteroatoms. The molecule has 2 fully saturated rings. The number of primary amides is 1. The molecule has 3 aromatic heterocycles. The zero-order chi connectivity index (χ0) is 32.0. The van der Waals surface area contributed by atoms with Crippen LogP contribution in [-0.2, 0) is 32.0 Å². The summed E-state index contributed by atoms with van der Waals surface area (Å²) >= 11 is 0. The number of pyridine rings is 1. The summed E-state index contributed by atoms with van der Waals surface area (Å²) in [5.41, 5.74) is 4.58. The second-order valence-electron chi connectivity index (χ2n) is 9.62. The Bertz CT molecular complexity index is 1680. The fraction of sp³-hybridized carbons (Fsp3) is 0.476. The number of hydrogen-bond donors (Lipinski definition) is 6. The number of aromatic amines is 1. The summed E-state index contributed by atoms with van der Waals surface area (Å²) in [6.45, 7) is -1.93. The third kappa shape index (κ3) is 6.65. The summed E-state index contributed by atoms with van der Waals surface area (Å²) in [6, 6.07) is 2.79. The molecule has 0 aliphatic carbocycles. The van der Waals surface area contributed by atoms with E-state index in [0.717, 1.165) is 17.2 Å². The minimum atomic E-state index is -6.04. The average Bonchev–Trinajstić information content (AvgIpc) is 3.60. The quantitative estimate of drug-likeness (QED) is 0.0830. The van der Waals surface area contributed by atoms with Crippen LogP contribution in [0.2, 0.25) is 0 Å². The van der Waals surface area contributed by atoms with E-state index in [9.17, 15) is 48.9 Å². The van der Waals surface area contributed by atoms with E-state index in [-0.39, 0.29) is 16.7 Å². The topological polar surface area (TPSA) is 318 Å². The summed E-state index contributed by atoms with van der Waals surface area (Å²) in [4.78, 5) is 56.3. The predicted molar refractivity (Wildman–Crippen MR) is 133 cm³/mol. The van der Waals surface area contributed by atoms with Crippen molar-refractivity contribution in [1.82, 2.24) is 19.5 Å². The molecule has 5 rings (SSSR count). The first-order valence-electron chi connectivity index (χ1n) is 12.5. The number of nitrogens with two attached hydrogens (primary N) is 1. The van der Waals surface area contributed by atoms with E-state index in [0.29, 0.717) is 0 Å². The largest absolute Gasteiger partial charge is 0.789 e. The molecule has 240 valence electrons. The van der Waals surface area contributed by atoms with Crippen molar-refractivity contribution >= 4 is 32.7 Å². The van der Waals surface area contributed by atoms with Gasteiger partial charge in [-0.15, -0.1) is 0 Å². The Labute approximate surface area is 245 Å². The van der Waals surface area contributed by atoms with E-state index in [4.69, 9.17) is 24.3 Å². The number of phosphoric ester groups is 1. The Morgan fingerprint density at radius 1 is 1.07 bits per heavy atom. The van der Waals surface area contributed by atoms with E-state index < -0.39 is 89.4 Å². The summed E-state index contributed by atoms with van der Waals surface area (Å²) in [5.74, 6) is -0.789. The molecule has 2 aliphatic rings. The van der Waals surface area contributed by atoms with Crippen molar-refractivity contribution in [2.45, 2.75) is 49.1 Å². The van der Waals surface area contributed by atoms with Crippen LogP contribution < -0.4 is 25.6 Å². The SMILES string of the molecule is NC(=O)c1ccc[n+](C2OC(COP(=O)(OCC3OC(n4cnc5c(=O)[nH]cnc54)C(O)C3O)OP(=O)([O-])[O-])C(O)C2O)c1. The molecular weight excluding hydrogens is 638 g/mol. The number of fused-ring (bicyclic) bond motifs is 1. The number of imidazole rings is 1. The summed E-state index contributed by atoms with van der Waals surface area (Å²) in [5, 5.41) is 42.0. The Hall–Kier alpha value is -3.01. The molecule has 9 unspecified atom stereocenters. The third-order valence-electron chi connectivity index (χ3n) is 6.71. The molecule has 0 bridgehead atoms. The average molecular weight is 663 g/mol. The molecule has 0 aromatic carbocycles. The van der Waals surface area contributed by atoms with Crippen molar-refractivity contribution in [3.63, 3.8) is 0 Å². The van der Waals surface area contributed by atoms with Gasteiger partial charge < -0.3 is 55.0 Å². The molecule has 2 aliphatic heterocycles. The number of ether oxygens (including phenoxy) is 2. The number of aromatic nitrogens is 5. The molecule has 1 amide bonds. The minimum Gasteiger partial charge on any atom is -0.789 e. The zero-order valence-corrected chi connectivity index (χ0v) is 23.8. The van der Waals surface area contributed by atoms with E-state index in [1.54, 1.807) is 0 Å². The number of nitrogens with one attached hydrogen (secondary N) is 1. The van der Waals surface area contributed by atoms with Gasteiger partial charge in [0.1, 0.15) is 36.1 Å². The van der Waals surface area contributed by atoms with Crippen LogP contribution in [0, 0.1) is 0 Å². The highest BCUT2D eigenvalue weighted by atomic mass is 31.3. The lowest BCUT2D eigenvalue weighted by Crippen LogP contribution is -2.46. The number of aliphatic hydroxyl groups excluding tert-OH is 4. The van der Waals surface area contributed by atoms with Crippen LogP contribution in [0.5, 0.6) is 0 Å². The maximum atomic E-state index is 13.2. The normalized spacial score (nSPS) is 30.5. The van der Waals surface area contributed by atoms with Crippen LogP contribution in [0.15, 0.2) is 42.0 Å². The van der Waals surface area contributed by atoms with E-state index in [1.807, 2.05) is 0 Å². The smallest absolute Gasteiger partial charge is 0.478 e. The van der Waals surface area contributed by atoms with Gasteiger partial charge in [-0.05, 0) is 6.07 Å². The number of carbonyl (C=O) groups is 1. The lowest BCUT2D eigenvalue weighted by Gasteiger charge is -2.32. The monoisotopic (exact) mass is 663 g/mol. The van der Waals surface area contributed by atoms with Crippen LogP contribution in [0.1, 0.15) is 22.8 Å². The lowest BCUT2D eigenvalue weighted by atomic mass is 10.1. The zero-order valence-electron chi connectivity index (χ0n) is 22.0. The summed E-state index contributed by atoms with van der Waals surface area (Å²) in [7, 11) is -11.4. The molecule has 44 heavy (non-hydrogen) atoms. The van der Waals surface area contributed by atoms with Crippen LogP contribution in [0.3, 0.4) is 0 Å². The standard InChI is InChI=1S/C21H26N6O15P2/c22-17(32)9-2-1-3-26(4-9)20-15(30)13(28)10(40-20)5-38-44(37,42-43(34,35)36)39-6-11-14(29)16(31)21(41-11)27-8-25-12-18(27)23-7-24-19(12)33/h1-4,7-8,10-11,13-16,20-21,28-31H,5-6H2,(H4-,22,23,24,32,33,34,35,36)/p-1. The number of nitrogens with zero attached hydrogens (tertiary/aromatic N) is 4. The molecular formula is C21H25N6O15P2-. The highest BCUT2D eigenvalue weighted by Gasteiger charge is 2.50. The van der Waals surface area contributed by atoms with Crippen molar-refractivity contribution in [3.8, 4) is 0 Å². The summed E-state index contributed by atoms with van der Waals surface area (Å²) < 4.78 is 51.8. The van der Waals surface area contributed by atoms with Crippen LogP contribution in [-0.4, -0.2) is 95.7 Å². The van der Waals surface area contributed by atoms with Gasteiger partial charge in [-0.1, -0.05) is 0 Å². The van der Waals surface area contributed by atoms with E-state index >= 15 is 0 Å². The van der Waals surface area contributed by atoms with Gasteiger partial charge in [-0.2, -0.15) is 4.57 Å². The lowest BCUT2D eigenvalue weighted by molar-refractivity contribution is -0.765. The predicted octanol–water partition coefficient (Wildman–Crippen LogP) is -4.57. The van der Waals surface area contributed by atoms with Gasteiger partial charge in [-0.3, -0.25) is 27.5 Å². The Balaban J connectivity index is 1.27. The minimum absolute atomic E-state index is 0.0160. The number of amides is 1.